The Hall–Kier alpha value is -4.02. The molecule has 6 atom stereocenters. The topological polar surface area (TPSA) is 141 Å². The van der Waals surface area contributed by atoms with Crippen molar-refractivity contribution in [1.82, 2.24) is 0 Å². The third kappa shape index (κ3) is 10.3. The summed E-state index contributed by atoms with van der Waals surface area (Å²) >= 11 is 0. The number of aliphatic carboxylic acids is 1. The fourth-order valence-electron chi connectivity index (χ4n) is 6.49. The van der Waals surface area contributed by atoms with Crippen LogP contribution in [0.3, 0.4) is 0 Å². The molecule has 9 nitrogen and oxygen atoms in total. The second kappa shape index (κ2) is 19.2. The molecule has 3 aromatic carbocycles. The summed E-state index contributed by atoms with van der Waals surface area (Å²) in [5, 5.41) is 11.3. The van der Waals surface area contributed by atoms with Crippen LogP contribution in [0.2, 0.25) is 0 Å². The van der Waals surface area contributed by atoms with Crippen molar-refractivity contribution in [3.8, 4) is 0 Å². The number of allylic oxidation sites excluding steroid dienone is 6. The average Bonchev–Trinajstić information content (AvgIpc) is 3.83. The van der Waals surface area contributed by atoms with Gasteiger partial charge in [0.1, 0.15) is 21.4 Å². The predicted molar refractivity (Wildman–Crippen MR) is 209 cm³/mol. The molecular formula is C40H47O9P3. The Bertz CT molecular complexity index is 1800. The lowest BCUT2D eigenvalue weighted by Crippen LogP contribution is -2.19. The van der Waals surface area contributed by atoms with Gasteiger partial charge in [0.2, 0.25) is 0 Å². The first-order valence-corrected chi connectivity index (χ1v) is 23.3. The van der Waals surface area contributed by atoms with Gasteiger partial charge in [0, 0.05) is 51.4 Å². The Kier molecular flexibility index (Phi) is 15.0. The molecule has 6 rings (SSSR count). The molecule has 0 saturated carbocycles. The monoisotopic (exact) mass is 764 g/mol. The van der Waals surface area contributed by atoms with Crippen molar-refractivity contribution < 1.29 is 42.7 Å². The molecule has 0 unspecified atom stereocenters. The number of carboxylic acids is 1. The third-order valence-corrected chi connectivity index (χ3v) is 19.2. The van der Waals surface area contributed by atoms with E-state index in [1.165, 1.54) is 0 Å². The average molecular weight is 765 g/mol. The summed E-state index contributed by atoms with van der Waals surface area (Å²) in [7, 11) is -7.62. The summed E-state index contributed by atoms with van der Waals surface area (Å²) in [5.74, 6) is -1.44. The lowest BCUT2D eigenvalue weighted by Gasteiger charge is -2.20. The van der Waals surface area contributed by atoms with E-state index in [9.17, 15) is 28.1 Å². The van der Waals surface area contributed by atoms with E-state index in [1.54, 1.807) is 19.9 Å². The largest absolute Gasteiger partial charge is 0.481 e. The lowest BCUT2D eigenvalue weighted by atomic mass is 10.3. The van der Waals surface area contributed by atoms with Crippen molar-refractivity contribution in [2.24, 2.45) is 0 Å². The highest BCUT2D eigenvalue weighted by Gasteiger charge is 2.39. The van der Waals surface area contributed by atoms with Crippen LogP contribution in [-0.2, 0) is 37.6 Å². The van der Waals surface area contributed by atoms with Gasteiger partial charge in [-0.15, -0.1) is 0 Å². The quantitative estimate of drug-likeness (QED) is 0.122. The highest BCUT2D eigenvalue weighted by Crippen LogP contribution is 2.56. The summed E-state index contributed by atoms with van der Waals surface area (Å²) < 4.78 is 48.7. The smallest absolute Gasteiger partial charge is 0.306 e. The second-order valence-electron chi connectivity index (χ2n) is 12.5. The van der Waals surface area contributed by atoms with E-state index in [0.717, 1.165) is 15.9 Å². The molecular weight excluding hydrogens is 717 g/mol. The first kappa shape index (κ1) is 40.7. The van der Waals surface area contributed by atoms with E-state index in [4.69, 9.17) is 14.6 Å². The molecule has 1 N–H and O–H groups in total. The van der Waals surface area contributed by atoms with Crippen molar-refractivity contribution in [3.05, 3.63) is 127 Å². The van der Waals surface area contributed by atoms with Crippen LogP contribution < -0.4 is 15.9 Å². The number of benzene rings is 3. The van der Waals surface area contributed by atoms with Gasteiger partial charge in [-0.3, -0.25) is 14.4 Å². The van der Waals surface area contributed by atoms with Crippen molar-refractivity contribution in [2.75, 3.05) is 31.7 Å². The molecule has 276 valence electrons. The molecule has 3 aliphatic heterocycles. The van der Waals surface area contributed by atoms with Gasteiger partial charge < -0.3 is 28.3 Å². The van der Waals surface area contributed by atoms with Crippen LogP contribution in [0.4, 0.5) is 0 Å². The van der Waals surface area contributed by atoms with E-state index >= 15 is 0 Å². The van der Waals surface area contributed by atoms with Gasteiger partial charge in [0.05, 0.1) is 32.5 Å². The molecule has 0 aliphatic carbocycles. The number of esters is 2. The maximum atomic E-state index is 13.0. The van der Waals surface area contributed by atoms with Gasteiger partial charge in [0.15, 0.2) is 0 Å². The molecule has 0 radical (unpaired) electrons. The van der Waals surface area contributed by atoms with Gasteiger partial charge in [-0.2, -0.15) is 0 Å². The summed E-state index contributed by atoms with van der Waals surface area (Å²) in [4.78, 5) is 33.8. The maximum absolute atomic E-state index is 13.0. The van der Waals surface area contributed by atoms with Crippen LogP contribution in [-0.4, -0.2) is 71.7 Å². The van der Waals surface area contributed by atoms with E-state index in [1.807, 2.05) is 121 Å². The van der Waals surface area contributed by atoms with Crippen LogP contribution in [0.15, 0.2) is 127 Å². The second-order valence-corrected chi connectivity index (χ2v) is 22.0. The number of ether oxygens (including phenoxy) is 2. The SMILES string of the molecule is CCOC(=O)C[C@H]1C=CC[P@]1(=O)c1ccccc1.CCOC(=O)C[C@H]1C=CC[P@]1(=O)c1ccccc1.O=C(O)C[C@@H]1C=CC[P@@]1(=O)c1ccccc1. The van der Waals surface area contributed by atoms with Gasteiger partial charge in [-0.05, 0) is 13.8 Å². The highest BCUT2D eigenvalue weighted by atomic mass is 31.2. The molecule has 0 bridgehead atoms. The first-order chi connectivity index (χ1) is 25.0. The molecule has 3 heterocycles. The zero-order valence-electron chi connectivity index (χ0n) is 29.6. The summed E-state index contributed by atoms with van der Waals surface area (Å²) in [6.45, 7) is 4.29. The van der Waals surface area contributed by atoms with Gasteiger partial charge in [-0.25, -0.2) is 0 Å². The van der Waals surface area contributed by atoms with Crippen molar-refractivity contribution in [2.45, 2.75) is 50.1 Å². The van der Waals surface area contributed by atoms with Gasteiger partial charge in [-0.1, -0.05) is 127 Å². The number of carboxylic acid groups (broad SMARTS) is 1. The van der Waals surface area contributed by atoms with E-state index < -0.39 is 27.4 Å². The maximum Gasteiger partial charge on any atom is 0.306 e. The third-order valence-electron chi connectivity index (χ3n) is 9.14. The molecule has 52 heavy (non-hydrogen) atoms. The van der Waals surface area contributed by atoms with Crippen molar-refractivity contribution >= 4 is 55.2 Å². The molecule has 0 fully saturated rings. The van der Waals surface area contributed by atoms with Gasteiger partial charge in [0.25, 0.3) is 0 Å². The summed E-state index contributed by atoms with van der Waals surface area (Å²) in [6, 6.07) is 28.1. The first-order valence-electron chi connectivity index (χ1n) is 17.4. The van der Waals surface area contributed by atoms with Gasteiger partial charge >= 0.3 is 17.9 Å². The summed E-state index contributed by atoms with van der Waals surface area (Å²) in [5.41, 5.74) is -0.759. The Morgan fingerprint density at radius 3 is 1.10 bits per heavy atom. The minimum Gasteiger partial charge on any atom is -0.481 e. The van der Waals surface area contributed by atoms with Crippen LogP contribution in [0.1, 0.15) is 33.1 Å². The molecule has 0 spiro atoms. The highest BCUT2D eigenvalue weighted by molar-refractivity contribution is 7.73. The predicted octanol–water partition coefficient (Wildman–Crippen LogP) is 7.22. The Morgan fingerprint density at radius 1 is 0.538 bits per heavy atom. The van der Waals surface area contributed by atoms with Crippen LogP contribution in [0, 0.1) is 0 Å². The molecule has 3 aromatic rings. The minimum absolute atomic E-state index is 0.0529. The fourth-order valence-corrected chi connectivity index (χ4v) is 15.0. The zero-order chi connectivity index (χ0) is 37.6. The van der Waals surface area contributed by atoms with Crippen molar-refractivity contribution in [3.63, 3.8) is 0 Å². The molecule has 12 heteroatoms. The van der Waals surface area contributed by atoms with Crippen LogP contribution in [0.5, 0.6) is 0 Å². The Morgan fingerprint density at radius 2 is 0.827 bits per heavy atom. The normalized spacial score (nSPS) is 26.8. The van der Waals surface area contributed by atoms with Crippen LogP contribution >= 0.6 is 21.4 Å². The molecule has 0 aromatic heterocycles. The van der Waals surface area contributed by atoms with E-state index in [-0.39, 0.29) is 48.2 Å². The molecule has 0 saturated heterocycles. The minimum atomic E-state index is -2.58. The molecule has 0 amide bonds. The Labute approximate surface area is 306 Å². The number of hydrogen-bond donors (Lipinski definition) is 1. The van der Waals surface area contributed by atoms with Crippen molar-refractivity contribution in [1.29, 1.82) is 0 Å². The zero-order valence-corrected chi connectivity index (χ0v) is 32.3. The van der Waals surface area contributed by atoms with Crippen LogP contribution in [0.25, 0.3) is 0 Å². The summed E-state index contributed by atoms with van der Waals surface area (Å²) in [6.07, 6.45) is 13.2. The number of hydrogen-bond acceptors (Lipinski definition) is 8. The number of carbonyl (C=O) groups excluding carboxylic acids is 2. The fraction of sp³-hybridized carbons (Fsp3) is 0.325. The lowest BCUT2D eigenvalue weighted by molar-refractivity contribution is -0.143. The molecule has 3 aliphatic rings. The number of carbonyl (C=O) groups is 3. The standard InChI is InChI=1S/2C14H17O3P.C12H13O3P/c2*1-2-17-14(15)11-13-9-6-10-18(13,16)12-7-4-3-5-8-12;13-12(14)9-11-7-4-8-16(11,15)10-5-2-1-3-6-10/h2*3-9,13H,2,10-11H2,1H3;1-7,11H,8-9H2,(H,13,14)/t2*13-,18+;11-,16+/m110/s1. The van der Waals surface area contributed by atoms with E-state index in [0.29, 0.717) is 31.7 Å². The van der Waals surface area contributed by atoms with E-state index in [2.05, 4.69) is 0 Å². The Balaban J connectivity index is 0.000000175. The number of rotatable bonds is 11.